The average molecular weight is 304 g/mol. The smallest absolute Gasteiger partial charge is 0.395 e. The number of amides is 1. The average Bonchev–Trinajstić information content (AvgIpc) is 2.97. The van der Waals surface area contributed by atoms with E-state index in [9.17, 15) is 25.0 Å². The summed E-state index contributed by atoms with van der Waals surface area (Å²) in [5, 5.41) is 24.8. The third-order valence-electron chi connectivity index (χ3n) is 2.50. The number of nitro groups is 2. The molecular formula is C12H8N4O6. The molecule has 10 heteroatoms. The number of carbonyl (C=O) groups is 1. The van der Waals surface area contributed by atoms with Gasteiger partial charge in [0.15, 0.2) is 0 Å². The van der Waals surface area contributed by atoms with Crippen LogP contribution in [0.25, 0.3) is 0 Å². The van der Waals surface area contributed by atoms with Crippen molar-refractivity contribution in [1.29, 1.82) is 0 Å². The van der Waals surface area contributed by atoms with E-state index in [2.05, 4.69) is 14.9 Å². The molecule has 2 aromatic rings. The number of nitrogens with zero attached hydrogens (tertiary/aromatic N) is 3. The highest BCUT2D eigenvalue weighted by atomic mass is 16.6. The summed E-state index contributed by atoms with van der Waals surface area (Å²) in [7, 11) is 0. The van der Waals surface area contributed by atoms with Crippen molar-refractivity contribution in [1.82, 2.24) is 5.43 Å². The lowest BCUT2D eigenvalue weighted by Crippen LogP contribution is -2.16. The molecular weight excluding hydrogens is 296 g/mol. The lowest BCUT2D eigenvalue weighted by molar-refractivity contribution is -0.402. The molecule has 22 heavy (non-hydrogen) atoms. The molecule has 0 bridgehead atoms. The number of furan rings is 1. The van der Waals surface area contributed by atoms with Gasteiger partial charge in [-0.15, -0.1) is 0 Å². The SMILES string of the molecule is O=C(N/N=C/c1ccccc1[N+](=O)[O-])c1ccc([N+](=O)[O-])o1. The maximum atomic E-state index is 11.6. The standard InChI is InChI=1S/C12H8N4O6/c17-12(10-5-6-11(22-10)16(20)21)14-13-7-8-3-1-2-4-9(8)15(18)19/h1-7H,(H,14,17)/b13-7+. The first-order valence-corrected chi connectivity index (χ1v) is 5.80. The zero-order valence-corrected chi connectivity index (χ0v) is 10.8. The van der Waals surface area contributed by atoms with Crippen molar-refractivity contribution in [3.8, 4) is 0 Å². The molecule has 0 radical (unpaired) electrons. The molecule has 1 aromatic heterocycles. The molecule has 0 fully saturated rings. The van der Waals surface area contributed by atoms with Crippen molar-refractivity contribution in [2.45, 2.75) is 0 Å². The van der Waals surface area contributed by atoms with Crippen LogP contribution in [-0.2, 0) is 0 Å². The van der Waals surface area contributed by atoms with Crippen molar-refractivity contribution in [2.75, 3.05) is 0 Å². The number of hydrogen-bond acceptors (Lipinski definition) is 7. The third kappa shape index (κ3) is 3.30. The molecule has 0 aliphatic heterocycles. The molecule has 1 aromatic carbocycles. The van der Waals surface area contributed by atoms with Gasteiger partial charge in [0.1, 0.15) is 4.92 Å². The van der Waals surface area contributed by atoms with Gasteiger partial charge < -0.3 is 4.42 Å². The first-order chi connectivity index (χ1) is 10.5. The van der Waals surface area contributed by atoms with Gasteiger partial charge >= 0.3 is 11.8 Å². The van der Waals surface area contributed by atoms with Gasteiger partial charge in [0.05, 0.1) is 22.8 Å². The minimum Gasteiger partial charge on any atom is -0.395 e. The van der Waals surface area contributed by atoms with E-state index >= 15 is 0 Å². The first-order valence-electron chi connectivity index (χ1n) is 5.80. The minimum atomic E-state index is -0.817. The zero-order valence-electron chi connectivity index (χ0n) is 10.8. The van der Waals surface area contributed by atoms with Gasteiger partial charge in [-0.1, -0.05) is 12.1 Å². The van der Waals surface area contributed by atoms with Crippen LogP contribution in [0.1, 0.15) is 16.1 Å². The van der Waals surface area contributed by atoms with E-state index in [0.29, 0.717) is 0 Å². The number of hydrogen-bond donors (Lipinski definition) is 1. The number of rotatable bonds is 5. The quantitative estimate of drug-likeness (QED) is 0.507. The zero-order chi connectivity index (χ0) is 16.1. The molecule has 112 valence electrons. The summed E-state index contributed by atoms with van der Waals surface area (Å²) >= 11 is 0. The predicted octanol–water partition coefficient (Wildman–Crippen LogP) is 1.86. The van der Waals surface area contributed by atoms with Crippen LogP contribution in [0.5, 0.6) is 0 Å². The van der Waals surface area contributed by atoms with Gasteiger partial charge in [-0.2, -0.15) is 5.10 Å². The normalized spacial score (nSPS) is 10.5. The van der Waals surface area contributed by atoms with Gasteiger partial charge in [-0.05, 0) is 12.1 Å². The summed E-state index contributed by atoms with van der Waals surface area (Å²) in [5.74, 6) is -1.69. The molecule has 0 aliphatic carbocycles. The van der Waals surface area contributed by atoms with Crippen LogP contribution in [0.3, 0.4) is 0 Å². The van der Waals surface area contributed by atoms with Gasteiger partial charge in [0.2, 0.25) is 5.76 Å². The van der Waals surface area contributed by atoms with Crippen LogP contribution < -0.4 is 5.43 Å². The summed E-state index contributed by atoms with van der Waals surface area (Å²) in [4.78, 5) is 31.5. The highest BCUT2D eigenvalue weighted by molar-refractivity contribution is 5.93. The lowest BCUT2D eigenvalue weighted by Gasteiger charge is -1.97. The van der Waals surface area contributed by atoms with E-state index in [1.807, 2.05) is 0 Å². The van der Waals surface area contributed by atoms with E-state index in [0.717, 1.165) is 18.3 Å². The van der Waals surface area contributed by atoms with Crippen molar-refractivity contribution >= 4 is 23.7 Å². The fraction of sp³-hybridized carbons (Fsp3) is 0. The monoisotopic (exact) mass is 304 g/mol. The van der Waals surface area contributed by atoms with Crippen molar-refractivity contribution in [3.63, 3.8) is 0 Å². The van der Waals surface area contributed by atoms with E-state index in [4.69, 9.17) is 0 Å². The third-order valence-corrected chi connectivity index (χ3v) is 2.50. The molecule has 2 rings (SSSR count). The Bertz CT molecular complexity index is 766. The minimum absolute atomic E-state index is 0.172. The topological polar surface area (TPSA) is 141 Å². The largest absolute Gasteiger partial charge is 0.433 e. The van der Waals surface area contributed by atoms with Crippen molar-refractivity contribution in [3.05, 3.63) is 68.0 Å². The Morgan fingerprint density at radius 2 is 1.86 bits per heavy atom. The molecule has 0 aliphatic rings. The van der Waals surface area contributed by atoms with Crippen LogP contribution >= 0.6 is 0 Å². The lowest BCUT2D eigenvalue weighted by atomic mass is 10.2. The number of hydrazone groups is 1. The number of nitrogens with one attached hydrogen (secondary N) is 1. The maximum absolute atomic E-state index is 11.6. The number of nitro benzene ring substituents is 1. The second kappa shape index (κ2) is 6.26. The second-order valence-corrected chi connectivity index (χ2v) is 3.91. The highest BCUT2D eigenvalue weighted by Gasteiger charge is 2.17. The Labute approximate surface area is 122 Å². The Morgan fingerprint density at radius 3 is 2.50 bits per heavy atom. The van der Waals surface area contributed by atoms with E-state index in [1.54, 1.807) is 6.07 Å². The van der Waals surface area contributed by atoms with Gasteiger partial charge in [0.25, 0.3) is 5.69 Å². The first kappa shape index (κ1) is 14.8. The Kier molecular flexibility index (Phi) is 4.22. The summed E-state index contributed by atoms with van der Waals surface area (Å²) in [6.45, 7) is 0. The predicted molar refractivity (Wildman–Crippen MR) is 73.5 cm³/mol. The fourth-order valence-electron chi connectivity index (χ4n) is 1.53. The number of benzene rings is 1. The molecule has 1 N–H and O–H groups in total. The van der Waals surface area contributed by atoms with E-state index < -0.39 is 21.6 Å². The molecule has 1 amide bonds. The van der Waals surface area contributed by atoms with E-state index in [1.165, 1.54) is 18.2 Å². The number of para-hydroxylation sites is 1. The summed E-state index contributed by atoms with van der Waals surface area (Å²) in [6, 6.07) is 7.96. The fourth-order valence-corrected chi connectivity index (χ4v) is 1.53. The van der Waals surface area contributed by atoms with Crippen LogP contribution in [0, 0.1) is 20.2 Å². The summed E-state index contributed by atoms with van der Waals surface area (Å²) in [6.07, 6.45) is 1.09. The number of carbonyl (C=O) groups excluding carboxylic acids is 1. The Morgan fingerprint density at radius 1 is 1.14 bits per heavy atom. The van der Waals surface area contributed by atoms with Crippen LogP contribution in [0.15, 0.2) is 45.9 Å². The van der Waals surface area contributed by atoms with Crippen LogP contribution in [-0.4, -0.2) is 22.0 Å². The van der Waals surface area contributed by atoms with Gasteiger partial charge in [-0.25, -0.2) is 5.43 Å². The van der Waals surface area contributed by atoms with Crippen LogP contribution in [0.2, 0.25) is 0 Å². The molecule has 0 atom stereocenters. The van der Waals surface area contributed by atoms with Gasteiger partial charge in [-0.3, -0.25) is 25.0 Å². The molecule has 0 unspecified atom stereocenters. The molecule has 1 heterocycles. The van der Waals surface area contributed by atoms with Crippen molar-refractivity contribution < 1.29 is 19.1 Å². The highest BCUT2D eigenvalue weighted by Crippen LogP contribution is 2.16. The van der Waals surface area contributed by atoms with E-state index in [-0.39, 0.29) is 17.0 Å². The Balaban J connectivity index is 2.07. The Hall–Kier alpha value is -3.56. The van der Waals surface area contributed by atoms with Crippen LogP contribution in [0.4, 0.5) is 11.6 Å². The molecule has 0 saturated carbocycles. The maximum Gasteiger partial charge on any atom is 0.433 e. The molecule has 10 nitrogen and oxygen atoms in total. The molecule has 0 spiro atoms. The second-order valence-electron chi connectivity index (χ2n) is 3.91. The summed E-state index contributed by atoms with van der Waals surface area (Å²) in [5.41, 5.74) is 2.08. The summed E-state index contributed by atoms with van der Waals surface area (Å²) < 4.78 is 4.68. The van der Waals surface area contributed by atoms with Crippen molar-refractivity contribution in [2.24, 2.45) is 5.10 Å². The molecule has 0 saturated heterocycles. The van der Waals surface area contributed by atoms with Gasteiger partial charge in [0, 0.05) is 6.07 Å².